The van der Waals surface area contributed by atoms with Crippen LogP contribution < -0.4 is 0 Å². The van der Waals surface area contributed by atoms with Gasteiger partial charge in [-0.05, 0) is 12.1 Å². The highest BCUT2D eigenvalue weighted by molar-refractivity contribution is 6.07. The first-order valence-electron chi connectivity index (χ1n) is 3.06. The molecule has 0 fully saturated rings. The molecule has 0 N–H and O–H groups in total. The first-order valence-corrected chi connectivity index (χ1v) is 3.06. The van der Waals surface area contributed by atoms with Gasteiger partial charge in [0.15, 0.2) is 6.07 Å². The molecule has 1 aromatic carbocycles. The molecule has 0 radical (unpaired) electrons. The van der Waals surface area contributed by atoms with E-state index in [4.69, 9.17) is 10.8 Å². The minimum atomic E-state index is 0.0330. The Morgan fingerprint density at radius 1 is 1.36 bits per heavy atom. The van der Waals surface area contributed by atoms with E-state index in [0.29, 0.717) is 5.56 Å². The molecule has 0 atom stereocenters. The van der Waals surface area contributed by atoms with Crippen molar-refractivity contribution in [2.75, 3.05) is 0 Å². The molecule has 0 saturated carbocycles. The van der Waals surface area contributed by atoms with Crippen LogP contribution in [0.1, 0.15) is 5.56 Å². The van der Waals surface area contributed by atoms with Crippen LogP contribution in [0.15, 0.2) is 30.3 Å². The van der Waals surface area contributed by atoms with Crippen LogP contribution in [0.3, 0.4) is 0 Å². The third kappa shape index (κ3) is 1.51. The number of benzene rings is 1. The van der Waals surface area contributed by atoms with Crippen LogP contribution in [0.25, 0.3) is 5.53 Å². The third-order valence-corrected chi connectivity index (χ3v) is 1.25. The molecule has 0 amide bonds. The molecule has 0 saturated heterocycles. The van der Waals surface area contributed by atoms with Gasteiger partial charge in [0.05, 0.1) is 5.56 Å². The lowest BCUT2D eigenvalue weighted by Gasteiger charge is -1.84. The topological polar surface area (TPSA) is 60.2 Å². The second-order valence-corrected chi connectivity index (χ2v) is 1.93. The second kappa shape index (κ2) is 3.31. The summed E-state index contributed by atoms with van der Waals surface area (Å²) in [7, 11) is 0. The second-order valence-electron chi connectivity index (χ2n) is 1.93. The molecule has 3 nitrogen and oxygen atoms in total. The zero-order valence-electron chi connectivity index (χ0n) is 5.73. The maximum absolute atomic E-state index is 8.44. The predicted molar refractivity (Wildman–Crippen MR) is 39.8 cm³/mol. The Hall–Kier alpha value is -1.91. The fourth-order valence-electron chi connectivity index (χ4n) is 0.741. The van der Waals surface area contributed by atoms with Gasteiger partial charge in [-0.2, -0.15) is 10.1 Å². The van der Waals surface area contributed by atoms with Crippen molar-refractivity contribution in [2.24, 2.45) is 0 Å². The van der Waals surface area contributed by atoms with Gasteiger partial charge in [0.2, 0.25) is 0 Å². The van der Waals surface area contributed by atoms with Crippen molar-refractivity contribution in [1.82, 2.24) is 0 Å². The summed E-state index contributed by atoms with van der Waals surface area (Å²) in [6.07, 6.45) is 0. The molecule has 0 spiro atoms. The van der Waals surface area contributed by atoms with Crippen molar-refractivity contribution in [3.8, 4) is 6.07 Å². The molecule has 0 heterocycles. The van der Waals surface area contributed by atoms with E-state index in [1.54, 1.807) is 30.3 Å². The van der Waals surface area contributed by atoms with E-state index in [9.17, 15) is 0 Å². The molecule has 0 aliphatic rings. The number of hydrogen-bond donors (Lipinski definition) is 0. The minimum Gasteiger partial charge on any atom is -0.360 e. The normalized spacial score (nSPS) is 7.91. The van der Waals surface area contributed by atoms with E-state index < -0.39 is 0 Å². The minimum absolute atomic E-state index is 0.0330. The maximum atomic E-state index is 8.44. The molecule has 3 heteroatoms. The summed E-state index contributed by atoms with van der Waals surface area (Å²) in [4.78, 5) is 2.83. The number of hydrogen-bond acceptors (Lipinski definition) is 1. The fraction of sp³-hybridized carbons (Fsp3) is 0. The first-order chi connectivity index (χ1) is 5.38. The number of nitriles is 1. The molecule has 1 rings (SSSR count). The van der Waals surface area contributed by atoms with Crippen LogP contribution in [-0.4, -0.2) is 10.5 Å². The van der Waals surface area contributed by atoms with Gasteiger partial charge >= 0.3 is 5.71 Å². The van der Waals surface area contributed by atoms with Crippen LogP contribution in [0.2, 0.25) is 0 Å². The smallest absolute Gasteiger partial charge is 0.360 e. The van der Waals surface area contributed by atoms with Gasteiger partial charge in [0, 0.05) is 0 Å². The molecule has 0 aliphatic carbocycles. The van der Waals surface area contributed by atoms with Crippen LogP contribution in [-0.2, 0) is 0 Å². The molecular weight excluding hydrogens is 138 g/mol. The molecular formula is C8H5N3. The van der Waals surface area contributed by atoms with E-state index in [2.05, 4.69) is 4.79 Å². The molecule has 0 bridgehead atoms. The summed E-state index contributed by atoms with van der Waals surface area (Å²) in [5.41, 5.74) is 9.00. The third-order valence-electron chi connectivity index (χ3n) is 1.25. The van der Waals surface area contributed by atoms with E-state index in [1.807, 2.05) is 6.07 Å². The maximum Gasteiger partial charge on any atom is 0.398 e. The van der Waals surface area contributed by atoms with Crippen molar-refractivity contribution in [3.05, 3.63) is 41.4 Å². The summed E-state index contributed by atoms with van der Waals surface area (Å²) < 4.78 is 0. The Morgan fingerprint density at radius 2 is 2.00 bits per heavy atom. The Morgan fingerprint density at radius 3 is 2.45 bits per heavy atom. The van der Waals surface area contributed by atoms with Crippen LogP contribution >= 0.6 is 0 Å². The number of rotatable bonds is 1. The van der Waals surface area contributed by atoms with Crippen LogP contribution in [0.4, 0.5) is 0 Å². The van der Waals surface area contributed by atoms with Crippen molar-refractivity contribution in [3.63, 3.8) is 0 Å². The van der Waals surface area contributed by atoms with Gasteiger partial charge in [0.1, 0.15) is 0 Å². The molecule has 0 unspecified atom stereocenters. The van der Waals surface area contributed by atoms with Gasteiger partial charge in [-0.25, -0.2) is 0 Å². The average Bonchev–Trinajstić information content (AvgIpc) is 2.09. The van der Waals surface area contributed by atoms with Crippen LogP contribution in [0.5, 0.6) is 0 Å². The summed E-state index contributed by atoms with van der Waals surface area (Å²) in [5.74, 6) is 0. The SMILES string of the molecule is N#CC(=[N+]=[N-])c1ccccc1. The van der Waals surface area contributed by atoms with E-state index in [-0.39, 0.29) is 5.71 Å². The van der Waals surface area contributed by atoms with E-state index in [1.165, 1.54) is 0 Å². The lowest BCUT2D eigenvalue weighted by Crippen LogP contribution is -1.96. The lowest BCUT2D eigenvalue weighted by atomic mass is 10.1. The van der Waals surface area contributed by atoms with Gasteiger partial charge in [-0.3, -0.25) is 0 Å². The molecule has 0 aromatic heterocycles. The van der Waals surface area contributed by atoms with Gasteiger partial charge in [-0.15, -0.1) is 0 Å². The van der Waals surface area contributed by atoms with E-state index in [0.717, 1.165) is 0 Å². The van der Waals surface area contributed by atoms with Gasteiger partial charge in [-0.1, -0.05) is 18.2 Å². The Labute approximate surface area is 64.1 Å². The highest BCUT2D eigenvalue weighted by Crippen LogP contribution is 1.97. The van der Waals surface area contributed by atoms with Crippen molar-refractivity contribution in [2.45, 2.75) is 0 Å². The quantitative estimate of drug-likeness (QED) is 0.331. The molecule has 1 aromatic rings. The predicted octanol–water partition coefficient (Wildman–Crippen LogP) is 1.23. The highest BCUT2D eigenvalue weighted by Gasteiger charge is 2.07. The van der Waals surface area contributed by atoms with Crippen molar-refractivity contribution in [1.29, 1.82) is 5.26 Å². The lowest BCUT2D eigenvalue weighted by molar-refractivity contribution is -0.00150. The molecule has 52 valence electrons. The van der Waals surface area contributed by atoms with E-state index >= 15 is 0 Å². The van der Waals surface area contributed by atoms with Crippen LogP contribution in [0, 0.1) is 11.3 Å². The van der Waals surface area contributed by atoms with Crippen molar-refractivity contribution < 1.29 is 4.79 Å². The monoisotopic (exact) mass is 143 g/mol. The molecule has 11 heavy (non-hydrogen) atoms. The fourth-order valence-corrected chi connectivity index (χ4v) is 0.741. The summed E-state index contributed by atoms with van der Waals surface area (Å²) in [6.45, 7) is 0. The number of nitrogens with zero attached hydrogens (tertiary/aromatic N) is 3. The summed E-state index contributed by atoms with van der Waals surface area (Å²) >= 11 is 0. The zero-order chi connectivity index (χ0) is 8.10. The van der Waals surface area contributed by atoms with Crippen molar-refractivity contribution >= 4 is 5.71 Å². The molecule has 0 aliphatic heterocycles. The standard InChI is InChI=1S/C8H5N3/c9-6-8(11-10)7-4-2-1-3-5-7/h1-5H. The Balaban J connectivity index is 3.15. The van der Waals surface area contributed by atoms with Gasteiger partial charge < -0.3 is 5.53 Å². The van der Waals surface area contributed by atoms with Gasteiger partial charge in [0.25, 0.3) is 0 Å². The first kappa shape index (κ1) is 7.20. The average molecular weight is 143 g/mol. The summed E-state index contributed by atoms with van der Waals surface area (Å²) in [6, 6.07) is 10.6. The largest absolute Gasteiger partial charge is 0.398 e. The Kier molecular flexibility index (Phi) is 2.16. The highest BCUT2D eigenvalue weighted by atomic mass is 14.9. The summed E-state index contributed by atoms with van der Waals surface area (Å²) in [5, 5.41) is 8.44. The zero-order valence-corrected chi connectivity index (χ0v) is 5.73. The Bertz CT molecular complexity index is 328.